The molecule has 0 saturated heterocycles. The molecule has 1 heteroatoms. The highest BCUT2D eigenvalue weighted by Crippen LogP contribution is 2.55. The zero-order valence-electron chi connectivity index (χ0n) is 24.5. The first-order valence-electron chi connectivity index (χ1n) is 15.1. The number of aryl methyl sites for hydroxylation is 1. The van der Waals surface area contributed by atoms with Crippen LogP contribution in [-0.2, 0) is 5.41 Å². The lowest BCUT2D eigenvalue weighted by Gasteiger charge is -2.23. The van der Waals surface area contributed by atoms with Crippen LogP contribution in [0.2, 0.25) is 0 Å². The van der Waals surface area contributed by atoms with Gasteiger partial charge in [-0.25, -0.2) is 0 Å². The SMILES string of the molecule is Cc1ccc2c(-c3cccc4c3sc3ccccc34)c3ccccc3c(-c3cccc4c3-c3ccccc3C4(C)C)c2c1. The van der Waals surface area contributed by atoms with Crippen molar-refractivity contribution in [3.05, 3.63) is 144 Å². The van der Waals surface area contributed by atoms with Gasteiger partial charge in [-0.1, -0.05) is 141 Å². The summed E-state index contributed by atoms with van der Waals surface area (Å²) in [4.78, 5) is 0. The number of thiophene rings is 1. The molecule has 1 heterocycles. The van der Waals surface area contributed by atoms with E-state index >= 15 is 0 Å². The molecule has 0 atom stereocenters. The van der Waals surface area contributed by atoms with Crippen molar-refractivity contribution < 1.29 is 0 Å². The van der Waals surface area contributed by atoms with Crippen molar-refractivity contribution in [2.45, 2.75) is 26.2 Å². The van der Waals surface area contributed by atoms with Crippen LogP contribution in [0.1, 0.15) is 30.5 Å². The molecule has 0 unspecified atom stereocenters. The molecule has 0 saturated carbocycles. The van der Waals surface area contributed by atoms with E-state index in [9.17, 15) is 0 Å². The van der Waals surface area contributed by atoms with Crippen molar-refractivity contribution in [2.75, 3.05) is 0 Å². The fourth-order valence-corrected chi connectivity index (χ4v) is 9.00. The van der Waals surface area contributed by atoms with Crippen LogP contribution in [0.3, 0.4) is 0 Å². The minimum Gasteiger partial charge on any atom is -0.135 e. The molecule has 8 aromatic rings. The van der Waals surface area contributed by atoms with Crippen LogP contribution in [-0.4, -0.2) is 0 Å². The summed E-state index contributed by atoms with van der Waals surface area (Å²) in [7, 11) is 0. The highest BCUT2D eigenvalue weighted by atomic mass is 32.1. The van der Waals surface area contributed by atoms with Gasteiger partial charge in [0.25, 0.3) is 0 Å². The van der Waals surface area contributed by atoms with E-state index in [0.717, 1.165) is 0 Å². The van der Waals surface area contributed by atoms with Gasteiger partial charge in [-0.3, -0.25) is 0 Å². The van der Waals surface area contributed by atoms with Gasteiger partial charge in [-0.15, -0.1) is 11.3 Å². The molecule has 1 aliphatic carbocycles. The first kappa shape index (κ1) is 24.8. The van der Waals surface area contributed by atoms with Gasteiger partial charge in [0.1, 0.15) is 0 Å². The van der Waals surface area contributed by atoms with Gasteiger partial charge in [0, 0.05) is 31.2 Å². The van der Waals surface area contributed by atoms with Crippen LogP contribution >= 0.6 is 11.3 Å². The summed E-state index contributed by atoms with van der Waals surface area (Å²) < 4.78 is 2.70. The lowest BCUT2D eigenvalue weighted by molar-refractivity contribution is 0.660. The number of hydrogen-bond acceptors (Lipinski definition) is 1. The average molecular weight is 567 g/mol. The van der Waals surface area contributed by atoms with Crippen LogP contribution in [0.5, 0.6) is 0 Å². The molecule has 0 spiro atoms. The molecule has 1 aliphatic rings. The maximum absolute atomic E-state index is 2.41. The van der Waals surface area contributed by atoms with E-state index in [1.54, 1.807) is 0 Å². The topological polar surface area (TPSA) is 0 Å². The van der Waals surface area contributed by atoms with Crippen molar-refractivity contribution in [3.63, 3.8) is 0 Å². The summed E-state index contributed by atoms with van der Waals surface area (Å²) in [5.41, 5.74) is 12.1. The molecule has 9 rings (SSSR count). The van der Waals surface area contributed by atoms with E-state index in [-0.39, 0.29) is 5.41 Å². The maximum atomic E-state index is 2.41. The molecule has 0 radical (unpaired) electrons. The van der Waals surface area contributed by atoms with Crippen molar-refractivity contribution in [1.82, 2.24) is 0 Å². The van der Waals surface area contributed by atoms with Crippen LogP contribution < -0.4 is 0 Å². The predicted molar refractivity (Wildman–Crippen MR) is 188 cm³/mol. The molecule has 7 aromatic carbocycles. The van der Waals surface area contributed by atoms with Crippen molar-refractivity contribution in [3.8, 4) is 33.4 Å². The second-order valence-corrected chi connectivity index (χ2v) is 13.6. The summed E-state index contributed by atoms with van der Waals surface area (Å²) in [6.07, 6.45) is 0. The van der Waals surface area contributed by atoms with E-state index in [1.165, 1.54) is 91.8 Å². The number of rotatable bonds is 2. The van der Waals surface area contributed by atoms with E-state index in [0.29, 0.717) is 0 Å². The van der Waals surface area contributed by atoms with Gasteiger partial charge in [0.05, 0.1) is 0 Å². The Morgan fingerprint density at radius 2 is 1.02 bits per heavy atom. The standard InChI is InChI=1S/C42H30S/c1-25-22-23-29-34(24-25)39(32-17-11-20-36-40(32)31-15-6-8-19-35(31)42(36,2)3)28-14-5-4-13-27(28)38(29)33-18-10-16-30-26-12-7-9-21-37(26)43-41(30)33/h4-24H,1-3H3. The largest absolute Gasteiger partial charge is 0.135 e. The number of fused-ring (bicyclic) bond motifs is 8. The van der Waals surface area contributed by atoms with Crippen LogP contribution in [0, 0.1) is 6.92 Å². The minimum absolute atomic E-state index is 0.0414. The van der Waals surface area contributed by atoms with Gasteiger partial charge >= 0.3 is 0 Å². The molecular formula is C42H30S. The minimum atomic E-state index is -0.0414. The summed E-state index contributed by atoms with van der Waals surface area (Å²) in [6, 6.07) is 47.8. The van der Waals surface area contributed by atoms with E-state index < -0.39 is 0 Å². The van der Waals surface area contributed by atoms with Crippen LogP contribution in [0.4, 0.5) is 0 Å². The Kier molecular flexibility index (Phi) is 5.14. The third kappa shape index (κ3) is 3.37. The van der Waals surface area contributed by atoms with Gasteiger partial charge in [-0.05, 0) is 73.5 Å². The Hall–Kier alpha value is -4.72. The molecule has 204 valence electrons. The highest BCUT2D eigenvalue weighted by Gasteiger charge is 2.37. The smallest absolute Gasteiger partial charge is 0.0434 e. The first-order chi connectivity index (χ1) is 21.0. The third-order valence-electron chi connectivity index (χ3n) is 9.73. The maximum Gasteiger partial charge on any atom is 0.0434 e. The molecular weight excluding hydrogens is 537 g/mol. The third-order valence-corrected chi connectivity index (χ3v) is 10.9. The van der Waals surface area contributed by atoms with Gasteiger partial charge in [0.2, 0.25) is 0 Å². The second-order valence-electron chi connectivity index (χ2n) is 12.5. The Morgan fingerprint density at radius 3 is 1.86 bits per heavy atom. The Morgan fingerprint density at radius 1 is 0.442 bits per heavy atom. The fraction of sp³-hybridized carbons (Fsp3) is 0.0952. The van der Waals surface area contributed by atoms with Gasteiger partial charge in [0.15, 0.2) is 0 Å². The Bertz CT molecular complexity index is 2440. The second kappa shape index (κ2) is 8.89. The van der Waals surface area contributed by atoms with Crippen LogP contribution in [0.15, 0.2) is 127 Å². The van der Waals surface area contributed by atoms with Crippen LogP contribution in [0.25, 0.3) is 75.1 Å². The van der Waals surface area contributed by atoms with Crippen molar-refractivity contribution in [2.24, 2.45) is 0 Å². The molecule has 0 fully saturated rings. The lowest BCUT2D eigenvalue weighted by Crippen LogP contribution is -2.14. The van der Waals surface area contributed by atoms with Crippen molar-refractivity contribution in [1.29, 1.82) is 0 Å². The predicted octanol–water partition coefficient (Wildman–Crippen LogP) is 12.3. The van der Waals surface area contributed by atoms with Gasteiger partial charge < -0.3 is 0 Å². The summed E-state index contributed by atoms with van der Waals surface area (Å²) in [5, 5.41) is 7.93. The number of hydrogen-bond donors (Lipinski definition) is 0. The zero-order valence-corrected chi connectivity index (χ0v) is 25.3. The molecule has 0 aliphatic heterocycles. The first-order valence-corrected chi connectivity index (χ1v) is 15.9. The fourth-order valence-electron chi connectivity index (χ4n) is 7.78. The molecule has 0 nitrogen and oxygen atoms in total. The Labute approximate surface area is 255 Å². The highest BCUT2D eigenvalue weighted by molar-refractivity contribution is 7.26. The Balaban J connectivity index is 1.46. The van der Waals surface area contributed by atoms with E-state index in [4.69, 9.17) is 0 Å². The zero-order chi connectivity index (χ0) is 28.9. The molecule has 0 N–H and O–H groups in total. The quantitative estimate of drug-likeness (QED) is 0.183. The van der Waals surface area contributed by atoms with Crippen molar-refractivity contribution >= 4 is 53.1 Å². The molecule has 43 heavy (non-hydrogen) atoms. The normalized spacial score (nSPS) is 13.7. The van der Waals surface area contributed by atoms with E-state index in [1.807, 2.05) is 11.3 Å². The lowest BCUT2D eigenvalue weighted by atomic mass is 9.80. The summed E-state index contributed by atoms with van der Waals surface area (Å²) in [6.45, 7) is 6.96. The molecule has 0 bridgehead atoms. The average Bonchev–Trinajstić information content (AvgIpc) is 3.53. The monoisotopic (exact) mass is 566 g/mol. The van der Waals surface area contributed by atoms with Gasteiger partial charge in [-0.2, -0.15) is 0 Å². The summed E-state index contributed by atoms with van der Waals surface area (Å²) in [5.74, 6) is 0. The number of benzene rings is 7. The molecule has 0 amide bonds. The molecule has 1 aromatic heterocycles. The summed E-state index contributed by atoms with van der Waals surface area (Å²) >= 11 is 1.91. The van der Waals surface area contributed by atoms with E-state index in [2.05, 4.69) is 148 Å².